The lowest BCUT2D eigenvalue weighted by Crippen LogP contribution is -2.51. The zero-order valence-corrected chi connectivity index (χ0v) is 15.1. The summed E-state index contributed by atoms with van der Waals surface area (Å²) in [7, 11) is 0. The number of halogens is 1. The monoisotopic (exact) mass is 376 g/mol. The molecule has 0 bridgehead atoms. The highest BCUT2D eigenvalue weighted by Gasteiger charge is 2.44. The zero-order chi connectivity index (χ0) is 19.3. The van der Waals surface area contributed by atoms with Crippen LogP contribution in [-0.2, 0) is 9.59 Å². The van der Waals surface area contributed by atoms with Crippen molar-refractivity contribution in [3.05, 3.63) is 29.7 Å². The van der Waals surface area contributed by atoms with E-state index in [-0.39, 0.29) is 17.5 Å². The summed E-state index contributed by atoms with van der Waals surface area (Å²) in [4.78, 5) is 28.3. The van der Waals surface area contributed by atoms with Crippen molar-refractivity contribution in [3.63, 3.8) is 0 Å². The topological polar surface area (TPSA) is 103 Å². The maximum absolute atomic E-state index is 14.5. The molecule has 1 saturated heterocycles. The maximum Gasteiger partial charge on any atom is 0.267 e. The van der Waals surface area contributed by atoms with Crippen molar-refractivity contribution < 1.29 is 19.2 Å². The van der Waals surface area contributed by atoms with E-state index in [4.69, 9.17) is 5.21 Å². The lowest BCUT2D eigenvalue weighted by Gasteiger charge is -2.34. The normalized spacial score (nSPS) is 23.5. The highest BCUT2D eigenvalue weighted by atomic mass is 19.1. The summed E-state index contributed by atoms with van der Waals surface area (Å²) in [5.41, 5.74) is 1.01. The maximum atomic E-state index is 14.5. The van der Waals surface area contributed by atoms with Gasteiger partial charge in [-0.1, -0.05) is 19.3 Å². The minimum Gasteiger partial charge on any atom is -0.354 e. The lowest BCUT2D eigenvalue weighted by molar-refractivity contribution is -0.127. The molecule has 3 rings (SSSR count). The Balaban J connectivity index is 1.77. The molecule has 4 N–H and O–H groups in total. The molecule has 146 valence electrons. The average molecular weight is 376 g/mol. The van der Waals surface area contributed by atoms with Crippen molar-refractivity contribution in [1.29, 1.82) is 0 Å². The molecule has 8 heteroatoms. The summed E-state index contributed by atoms with van der Waals surface area (Å²) < 4.78 is 14.5. The van der Waals surface area contributed by atoms with Gasteiger partial charge in [0, 0.05) is 24.7 Å². The number of hydrogen-bond donors (Lipinski definition) is 4. The Morgan fingerprint density at radius 1 is 1.33 bits per heavy atom. The number of amides is 1. The number of carbonyl (C=O) groups excluding carboxylic acids is 2. The highest BCUT2D eigenvalue weighted by molar-refractivity contribution is 5.94. The van der Waals surface area contributed by atoms with Crippen LogP contribution >= 0.6 is 0 Å². The van der Waals surface area contributed by atoms with Crippen molar-refractivity contribution in [3.8, 4) is 0 Å². The van der Waals surface area contributed by atoms with E-state index in [0.29, 0.717) is 25.1 Å². The molecular weight excluding hydrogens is 351 g/mol. The van der Waals surface area contributed by atoms with Crippen LogP contribution in [0.2, 0.25) is 0 Å². The van der Waals surface area contributed by atoms with E-state index >= 15 is 0 Å². The van der Waals surface area contributed by atoms with Gasteiger partial charge in [0.2, 0.25) is 0 Å². The molecule has 0 spiro atoms. The number of hydrogen-bond acceptors (Lipinski definition) is 6. The summed E-state index contributed by atoms with van der Waals surface area (Å²) >= 11 is 0. The summed E-state index contributed by atoms with van der Waals surface area (Å²) in [6, 6.07) is 1.23. The van der Waals surface area contributed by atoms with Crippen LogP contribution in [0.3, 0.4) is 0 Å². The van der Waals surface area contributed by atoms with Crippen LogP contribution in [0.4, 0.5) is 10.2 Å². The SMILES string of the molecule is O=C(/C=C/c1cnc(N[C@]2(C(=O)C3CCCCC3)CCNC2)c(F)c1)NO. The van der Waals surface area contributed by atoms with E-state index in [1.165, 1.54) is 30.2 Å². The summed E-state index contributed by atoms with van der Waals surface area (Å²) in [6.07, 6.45) is 9.51. The molecule has 0 aromatic carbocycles. The predicted molar refractivity (Wildman–Crippen MR) is 98.6 cm³/mol. The molecule has 27 heavy (non-hydrogen) atoms. The molecule has 0 unspecified atom stereocenters. The first-order valence-corrected chi connectivity index (χ1v) is 9.35. The molecule has 1 atom stereocenters. The van der Waals surface area contributed by atoms with Gasteiger partial charge in [-0.25, -0.2) is 14.9 Å². The van der Waals surface area contributed by atoms with Gasteiger partial charge in [-0.15, -0.1) is 0 Å². The van der Waals surface area contributed by atoms with Crippen molar-refractivity contribution in [2.45, 2.75) is 44.1 Å². The minimum absolute atomic E-state index is 0.0217. The van der Waals surface area contributed by atoms with Crippen molar-refractivity contribution >= 4 is 23.6 Å². The van der Waals surface area contributed by atoms with Gasteiger partial charge < -0.3 is 10.6 Å². The van der Waals surface area contributed by atoms with Crippen LogP contribution in [0, 0.1) is 11.7 Å². The molecule has 1 aliphatic carbocycles. The number of nitrogens with one attached hydrogen (secondary N) is 3. The van der Waals surface area contributed by atoms with Gasteiger partial charge in [0.15, 0.2) is 17.4 Å². The first kappa shape index (κ1) is 19.4. The molecular formula is C19H25FN4O3. The van der Waals surface area contributed by atoms with Crippen LogP contribution in [-0.4, -0.2) is 40.5 Å². The lowest BCUT2D eigenvalue weighted by atomic mass is 9.77. The van der Waals surface area contributed by atoms with Crippen LogP contribution < -0.4 is 16.1 Å². The van der Waals surface area contributed by atoms with E-state index in [1.807, 2.05) is 0 Å². The Bertz CT molecular complexity index is 726. The molecule has 1 aromatic rings. The molecule has 2 fully saturated rings. The van der Waals surface area contributed by atoms with Gasteiger partial charge in [0.05, 0.1) is 0 Å². The number of rotatable bonds is 6. The van der Waals surface area contributed by atoms with Crippen LogP contribution in [0.15, 0.2) is 18.3 Å². The van der Waals surface area contributed by atoms with Gasteiger partial charge in [0.25, 0.3) is 5.91 Å². The smallest absolute Gasteiger partial charge is 0.267 e. The van der Waals surface area contributed by atoms with Crippen molar-refractivity contribution in [2.75, 3.05) is 18.4 Å². The number of nitrogens with zero attached hydrogens (tertiary/aromatic N) is 1. The first-order chi connectivity index (χ1) is 13.0. The van der Waals surface area contributed by atoms with Crippen LogP contribution in [0.1, 0.15) is 44.1 Å². The molecule has 2 aliphatic rings. The van der Waals surface area contributed by atoms with Gasteiger partial charge in [-0.2, -0.15) is 0 Å². The van der Waals surface area contributed by atoms with E-state index in [0.717, 1.165) is 31.8 Å². The van der Waals surface area contributed by atoms with Gasteiger partial charge >= 0.3 is 0 Å². The van der Waals surface area contributed by atoms with Crippen molar-refractivity contribution in [2.24, 2.45) is 5.92 Å². The fraction of sp³-hybridized carbons (Fsp3) is 0.526. The Morgan fingerprint density at radius 3 is 2.74 bits per heavy atom. The summed E-state index contributed by atoms with van der Waals surface area (Å²) in [6.45, 7) is 1.16. The molecule has 1 saturated carbocycles. The van der Waals surface area contributed by atoms with Crippen molar-refractivity contribution in [1.82, 2.24) is 15.8 Å². The average Bonchev–Trinajstić information content (AvgIpc) is 3.17. The second kappa shape index (κ2) is 8.58. The number of ketones is 1. The first-order valence-electron chi connectivity index (χ1n) is 9.35. The van der Waals surface area contributed by atoms with Crippen LogP contribution in [0.25, 0.3) is 6.08 Å². The molecule has 1 amide bonds. The number of aromatic nitrogens is 1. The predicted octanol–water partition coefficient (Wildman–Crippen LogP) is 2.03. The number of Topliss-reactive ketones (excluding diaryl/α,β-unsaturated/α-hetero) is 1. The summed E-state index contributed by atoms with van der Waals surface area (Å²) in [5.74, 6) is -1.10. The van der Waals surface area contributed by atoms with Crippen LogP contribution in [0.5, 0.6) is 0 Å². The Kier molecular flexibility index (Phi) is 6.18. The van der Waals surface area contributed by atoms with Gasteiger partial charge in [0.1, 0.15) is 5.54 Å². The number of pyridine rings is 1. The molecule has 1 aromatic heterocycles. The quantitative estimate of drug-likeness (QED) is 0.344. The number of anilines is 1. The molecule has 1 aliphatic heterocycles. The standard InChI is InChI=1S/C19H25FN4O3/c20-15-10-13(6-7-16(25)24-27)11-22-18(15)23-19(8-9-21-12-19)17(26)14-4-2-1-3-5-14/h6-7,10-11,14,21,27H,1-5,8-9,12H2,(H,22,23)(H,24,25)/b7-6+/t19-/m1/s1. The third-order valence-electron chi connectivity index (χ3n) is 5.36. The Morgan fingerprint density at radius 2 is 2.11 bits per heavy atom. The second-order valence-corrected chi connectivity index (χ2v) is 7.24. The van der Waals surface area contributed by atoms with E-state index in [1.54, 1.807) is 0 Å². The van der Waals surface area contributed by atoms with Gasteiger partial charge in [-0.3, -0.25) is 14.8 Å². The largest absolute Gasteiger partial charge is 0.354 e. The third-order valence-corrected chi connectivity index (χ3v) is 5.36. The molecule has 2 heterocycles. The molecule has 7 nitrogen and oxygen atoms in total. The zero-order valence-electron chi connectivity index (χ0n) is 15.1. The Labute approximate surface area is 157 Å². The summed E-state index contributed by atoms with van der Waals surface area (Å²) in [5, 5.41) is 14.8. The Hall–Kier alpha value is -2.32. The van der Waals surface area contributed by atoms with E-state index < -0.39 is 17.3 Å². The number of carbonyl (C=O) groups is 2. The highest BCUT2D eigenvalue weighted by Crippen LogP contribution is 2.33. The fourth-order valence-corrected chi connectivity index (χ4v) is 3.90. The molecule has 0 radical (unpaired) electrons. The van der Waals surface area contributed by atoms with E-state index in [9.17, 15) is 14.0 Å². The van der Waals surface area contributed by atoms with E-state index in [2.05, 4.69) is 15.6 Å². The number of hydroxylamine groups is 1. The fourth-order valence-electron chi connectivity index (χ4n) is 3.90. The van der Waals surface area contributed by atoms with Gasteiger partial charge in [-0.05, 0) is 43.5 Å². The second-order valence-electron chi connectivity index (χ2n) is 7.24. The minimum atomic E-state index is -0.829. The third kappa shape index (κ3) is 4.51.